The number of fused-ring (bicyclic) bond motifs is 1. The Labute approximate surface area is 77.5 Å². The summed E-state index contributed by atoms with van der Waals surface area (Å²) >= 11 is 0. The Hall–Kier alpha value is -0.890. The highest BCUT2D eigenvalue weighted by Crippen LogP contribution is 2.42. The molecular weight excluding hydrogens is 167 g/mol. The van der Waals surface area contributed by atoms with Gasteiger partial charge in [0.2, 0.25) is 0 Å². The molecule has 0 radical (unpaired) electrons. The van der Waals surface area contributed by atoms with E-state index < -0.39 is 0 Å². The van der Waals surface area contributed by atoms with Crippen LogP contribution in [0.2, 0.25) is 0 Å². The molecule has 0 saturated carbocycles. The standard InChI is InChI=1S/C11H13FO/c1-7-9-5-4-8(12)6-10(9)11(2,3)13-7/h4-7H,1-3H3. The molecule has 2 heteroatoms. The van der Waals surface area contributed by atoms with E-state index in [9.17, 15) is 4.39 Å². The van der Waals surface area contributed by atoms with Gasteiger partial charge in [-0.1, -0.05) is 6.07 Å². The molecular formula is C11H13FO. The van der Waals surface area contributed by atoms with E-state index in [1.54, 1.807) is 6.07 Å². The van der Waals surface area contributed by atoms with Crippen LogP contribution in [0.15, 0.2) is 18.2 Å². The van der Waals surface area contributed by atoms with Gasteiger partial charge in [0.05, 0.1) is 11.7 Å². The highest BCUT2D eigenvalue weighted by molar-refractivity contribution is 5.37. The molecule has 1 aromatic carbocycles. The maximum absolute atomic E-state index is 13.0. The first-order valence-electron chi connectivity index (χ1n) is 4.48. The van der Waals surface area contributed by atoms with E-state index in [1.807, 2.05) is 26.8 Å². The van der Waals surface area contributed by atoms with Gasteiger partial charge in [0, 0.05) is 0 Å². The normalized spacial score (nSPS) is 24.5. The van der Waals surface area contributed by atoms with Crippen LogP contribution in [0, 0.1) is 5.82 Å². The minimum atomic E-state index is -0.350. The average molecular weight is 180 g/mol. The molecule has 1 atom stereocenters. The zero-order valence-electron chi connectivity index (χ0n) is 8.10. The Morgan fingerprint density at radius 1 is 1.38 bits per heavy atom. The Morgan fingerprint density at radius 3 is 2.77 bits per heavy atom. The number of hydrogen-bond acceptors (Lipinski definition) is 1. The van der Waals surface area contributed by atoms with Gasteiger partial charge in [-0.25, -0.2) is 4.39 Å². The predicted octanol–water partition coefficient (Wildman–Crippen LogP) is 3.15. The summed E-state index contributed by atoms with van der Waals surface area (Å²) in [6.07, 6.45) is 0.0746. The molecule has 1 aromatic rings. The summed E-state index contributed by atoms with van der Waals surface area (Å²) in [5.74, 6) is -0.190. The highest BCUT2D eigenvalue weighted by atomic mass is 19.1. The third-order valence-corrected chi connectivity index (χ3v) is 2.57. The fourth-order valence-corrected chi connectivity index (χ4v) is 1.97. The van der Waals surface area contributed by atoms with Crippen LogP contribution >= 0.6 is 0 Å². The quantitative estimate of drug-likeness (QED) is 0.596. The van der Waals surface area contributed by atoms with E-state index in [4.69, 9.17) is 4.74 Å². The minimum absolute atomic E-state index is 0.0746. The SMILES string of the molecule is CC1OC(C)(C)c2cc(F)ccc21. The van der Waals surface area contributed by atoms with E-state index in [-0.39, 0.29) is 17.5 Å². The second-order valence-electron chi connectivity index (χ2n) is 4.00. The molecule has 0 amide bonds. The molecule has 2 rings (SSSR count). The molecule has 1 unspecified atom stereocenters. The molecule has 0 fully saturated rings. The van der Waals surface area contributed by atoms with Gasteiger partial charge < -0.3 is 4.74 Å². The molecule has 1 aliphatic heterocycles. The number of hydrogen-bond donors (Lipinski definition) is 0. The zero-order chi connectivity index (χ0) is 9.64. The number of halogens is 1. The summed E-state index contributed by atoms with van der Waals surface area (Å²) in [4.78, 5) is 0. The van der Waals surface area contributed by atoms with Gasteiger partial charge in [0.1, 0.15) is 5.82 Å². The van der Waals surface area contributed by atoms with Gasteiger partial charge in [-0.3, -0.25) is 0 Å². The van der Waals surface area contributed by atoms with Gasteiger partial charge in [-0.05, 0) is 44.0 Å². The topological polar surface area (TPSA) is 9.23 Å². The van der Waals surface area contributed by atoms with Crippen LogP contribution in [-0.2, 0) is 10.3 Å². The molecule has 0 N–H and O–H groups in total. The monoisotopic (exact) mass is 180 g/mol. The number of ether oxygens (including phenoxy) is 1. The minimum Gasteiger partial charge on any atom is -0.363 e. The van der Waals surface area contributed by atoms with E-state index >= 15 is 0 Å². The third kappa shape index (κ3) is 1.25. The van der Waals surface area contributed by atoms with Crippen LogP contribution in [0.3, 0.4) is 0 Å². The lowest BCUT2D eigenvalue weighted by Gasteiger charge is -2.19. The van der Waals surface area contributed by atoms with Crippen molar-refractivity contribution in [2.24, 2.45) is 0 Å². The number of rotatable bonds is 0. The molecule has 0 aliphatic carbocycles. The zero-order valence-corrected chi connectivity index (χ0v) is 8.10. The highest BCUT2D eigenvalue weighted by Gasteiger charge is 2.35. The first-order chi connectivity index (χ1) is 6.00. The van der Waals surface area contributed by atoms with Crippen molar-refractivity contribution in [1.82, 2.24) is 0 Å². The summed E-state index contributed by atoms with van der Waals surface area (Å²) in [6.45, 7) is 5.93. The van der Waals surface area contributed by atoms with Gasteiger partial charge in [-0.2, -0.15) is 0 Å². The van der Waals surface area contributed by atoms with Crippen LogP contribution in [0.1, 0.15) is 38.0 Å². The molecule has 70 valence electrons. The van der Waals surface area contributed by atoms with Gasteiger partial charge in [0.15, 0.2) is 0 Å². The van der Waals surface area contributed by atoms with Crippen molar-refractivity contribution in [3.63, 3.8) is 0 Å². The summed E-state index contributed by atoms with van der Waals surface area (Å²) in [7, 11) is 0. The molecule has 0 aromatic heterocycles. The molecule has 1 heterocycles. The lowest BCUT2D eigenvalue weighted by atomic mass is 9.95. The Bertz CT molecular complexity index is 344. The van der Waals surface area contributed by atoms with Crippen molar-refractivity contribution in [1.29, 1.82) is 0 Å². The van der Waals surface area contributed by atoms with E-state index in [2.05, 4.69) is 0 Å². The second-order valence-corrected chi connectivity index (χ2v) is 4.00. The van der Waals surface area contributed by atoms with Crippen molar-refractivity contribution in [2.45, 2.75) is 32.5 Å². The Balaban J connectivity index is 2.60. The maximum Gasteiger partial charge on any atom is 0.123 e. The molecule has 13 heavy (non-hydrogen) atoms. The van der Waals surface area contributed by atoms with Crippen LogP contribution in [-0.4, -0.2) is 0 Å². The average Bonchev–Trinajstić information content (AvgIpc) is 2.23. The maximum atomic E-state index is 13.0. The smallest absolute Gasteiger partial charge is 0.123 e. The van der Waals surface area contributed by atoms with Gasteiger partial charge in [0.25, 0.3) is 0 Å². The molecule has 1 aliphatic rings. The number of benzene rings is 1. The van der Waals surface area contributed by atoms with Gasteiger partial charge >= 0.3 is 0 Å². The van der Waals surface area contributed by atoms with Crippen molar-refractivity contribution >= 4 is 0 Å². The van der Waals surface area contributed by atoms with Crippen molar-refractivity contribution in [3.05, 3.63) is 35.1 Å². The van der Waals surface area contributed by atoms with E-state index in [0.29, 0.717) is 0 Å². The Morgan fingerprint density at radius 2 is 2.08 bits per heavy atom. The second kappa shape index (κ2) is 2.55. The van der Waals surface area contributed by atoms with Crippen LogP contribution in [0.25, 0.3) is 0 Å². The first kappa shape index (κ1) is 8.70. The van der Waals surface area contributed by atoms with Crippen LogP contribution in [0.4, 0.5) is 4.39 Å². The summed E-state index contributed by atoms with van der Waals surface area (Å²) in [5, 5.41) is 0. The molecule has 0 saturated heterocycles. The Kier molecular flexibility index (Phi) is 1.70. The molecule has 1 nitrogen and oxygen atoms in total. The van der Waals surface area contributed by atoms with Crippen LogP contribution < -0.4 is 0 Å². The van der Waals surface area contributed by atoms with E-state index in [1.165, 1.54) is 6.07 Å². The summed E-state index contributed by atoms with van der Waals surface area (Å²) in [6, 6.07) is 4.86. The van der Waals surface area contributed by atoms with Crippen LogP contribution in [0.5, 0.6) is 0 Å². The van der Waals surface area contributed by atoms with Crippen molar-refractivity contribution < 1.29 is 9.13 Å². The molecule has 0 bridgehead atoms. The fourth-order valence-electron chi connectivity index (χ4n) is 1.97. The third-order valence-electron chi connectivity index (χ3n) is 2.57. The summed E-state index contributed by atoms with van der Waals surface area (Å²) in [5.41, 5.74) is 1.73. The fraction of sp³-hybridized carbons (Fsp3) is 0.455. The lowest BCUT2D eigenvalue weighted by molar-refractivity contribution is -0.0435. The molecule has 0 spiro atoms. The largest absolute Gasteiger partial charge is 0.363 e. The van der Waals surface area contributed by atoms with Crippen molar-refractivity contribution in [3.8, 4) is 0 Å². The van der Waals surface area contributed by atoms with Crippen molar-refractivity contribution in [2.75, 3.05) is 0 Å². The predicted molar refractivity (Wildman–Crippen MR) is 48.9 cm³/mol. The van der Waals surface area contributed by atoms with Gasteiger partial charge in [-0.15, -0.1) is 0 Å². The first-order valence-corrected chi connectivity index (χ1v) is 4.48. The lowest BCUT2D eigenvalue weighted by Crippen LogP contribution is -2.15. The van der Waals surface area contributed by atoms with E-state index in [0.717, 1.165) is 11.1 Å². The summed E-state index contributed by atoms with van der Waals surface area (Å²) < 4.78 is 18.7.